The average Bonchev–Trinajstić information content (AvgIpc) is 2.10. The Morgan fingerprint density at radius 2 is 2.00 bits per heavy atom. The van der Waals surface area contributed by atoms with Gasteiger partial charge in [0, 0.05) is 25.7 Å². The third kappa shape index (κ3) is 6.81. The molecule has 2 unspecified atom stereocenters. The molecule has 0 aromatic heterocycles. The van der Waals surface area contributed by atoms with Gasteiger partial charge in [-0.25, -0.2) is 4.79 Å². The van der Waals surface area contributed by atoms with Gasteiger partial charge in [-0.1, -0.05) is 20.8 Å². The van der Waals surface area contributed by atoms with Gasteiger partial charge in [0.1, 0.15) is 5.60 Å². The lowest BCUT2D eigenvalue weighted by atomic mass is 9.95. The van der Waals surface area contributed by atoms with Crippen molar-refractivity contribution in [1.82, 2.24) is 10.2 Å². The van der Waals surface area contributed by atoms with Crippen LogP contribution in [0.25, 0.3) is 0 Å². The summed E-state index contributed by atoms with van der Waals surface area (Å²) >= 11 is 0. The summed E-state index contributed by atoms with van der Waals surface area (Å²) in [6.07, 6.45) is 0.740. The summed E-state index contributed by atoms with van der Waals surface area (Å²) in [7, 11) is 0. The van der Waals surface area contributed by atoms with Gasteiger partial charge in [0.2, 0.25) is 0 Å². The van der Waals surface area contributed by atoms with Gasteiger partial charge in [0.15, 0.2) is 0 Å². The molecular formula is C15H30N2O2. The van der Waals surface area contributed by atoms with Crippen LogP contribution in [0.1, 0.15) is 48.0 Å². The molecule has 112 valence electrons. The zero-order valence-corrected chi connectivity index (χ0v) is 13.3. The molecule has 0 aliphatic carbocycles. The number of rotatable bonds is 3. The monoisotopic (exact) mass is 270 g/mol. The molecule has 0 radical (unpaired) electrons. The first-order chi connectivity index (χ1) is 8.65. The zero-order valence-electron chi connectivity index (χ0n) is 13.3. The minimum atomic E-state index is -0.429. The fraction of sp³-hybridized carbons (Fsp3) is 0.933. The van der Waals surface area contributed by atoms with E-state index in [0.717, 1.165) is 26.1 Å². The summed E-state index contributed by atoms with van der Waals surface area (Å²) in [5.74, 6) is 1.28. The van der Waals surface area contributed by atoms with Crippen LogP contribution < -0.4 is 5.32 Å². The van der Waals surface area contributed by atoms with Crippen LogP contribution in [0.5, 0.6) is 0 Å². The van der Waals surface area contributed by atoms with E-state index in [1.807, 2.05) is 20.8 Å². The van der Waals surface area contributed by atoms with Gasteiger partial charge in [-0.3, -0.25) is 0 Å². The fourth-order valence-corrected chi connectivity index (χ4v) is 2.71. The number of likely N-dealkylation sites (tertiary alicyclic amines) is 1. The van der Waals surface area contributed by atoms with Gasteiger partial charge in [-0.15, -0.1) is 0 Å². The molecule has 4 nitrogen and oxygen atoms in total. The number of carbonyl (C=O) groups is 1. The minimum absolute atomic E-state index is 0.206. The maximum Gasteiger partial charge on any atom is 0.407 e. The smallest absolute Gasteiger partial charge is 0.407 e. The molecule has 1 aliphatic rings. The highest BCUT2D eigenvalue weighted by molar-refractivity contribution is 5.68. The Labute approximate surface area is 117 Å². The van der Waals surface area contributed by atoms with Crippen molar-refractivity contribution >= 4 is 6.09 Å². The van der Waals surface area contributed by atoms with E-state index in [1.54, 1.807) is 0 Å². The third-order valence-corrected chi connectivity index (χ3v) is 3.08. The lowest BCUT2D eigenvalue weighted by Gasteiger charge is -2.37. The standard InChI is InChI=1S/C15H30N2O2/c1-11(2)8-17-9-12(3)7-13(10-17)16-14(18)19-15(4,5)6/h11-13H,7-10H2,1-6H3,(H,16,18). The van der Waals surface area contributed by atoms with Crippen LogP contribution >= 0.6 is 0 Å². The highest BCUT2D eigenvalue weighted by atomic mass is 16.6. The number of piperidine rings is 1. The molecule has 4 heteroatoms. The molecule has 1 aliphatic heterocycles. The molecule has 2 atom stereocenters. The van der Waals surface area contributed by atoms with Crippen molar-refractivity contribution in [3.63, 3.8) is 0 Å². The summed E-state index contributed by atoms with van der Waals surface area (Å²) in [6.45, 7) is 15.5. The Morgan fingerprint density at radius 3 is 2.53 bits per heavy atom. The molecule has 0 saturated carbocycles. The number of amides is 1. The highest BCUT2D eigenvalue weighted by Crippen LogP contribution is 2.18. The Hall–Kier alpha value is -0.770. The van der Waals surface area contributed by atoms with Crippen LogP contribution in [-0.2, 0) is 4.74 Å². The quantitative estimate of drug-likeness (QED) is 0.857. The van der Waals surface area contributed by atoms with Crippen molar-refractivity contribution in [1.29, 1.82) is 0 Å². The Kier molecular flexibility index (Phi) is 5.65. The van der Waals surface area contributed by atoms with E-state index in [0.29, 0.717) is 11.8 Å². The SMILES string of the molecule is CC(C)CN1CC(C)CC(NC(=O)OC(C)(C)C)C1. The maximum absolute atomic E-state index is 11.8. The number of hydrogen-bond donors (Lipinski definition) is 1. The third-order valence-electron chi connectivity index (χ3n) is 3.08. The van der Waals surface area contributed by atoms with E-state index < -0.39 is 5.60 Å². The number of ether oxygens (including phenoxy) is 1. The van der Waals surface area contributed by atoms with Crippen LogP contribution in [-0.4, -0.2) is 42.3 Å². The summed E-state index contributed by atoms with van der Waals surface area (Å²) in [5, 5.41) is 3.01. The van der Waals surface area contributed by atoms with Crippen molar-refractivity contribution in [3.05, 3.63) is 0 Å². The first-order valence-corrected chi connectivity index (χ1v) is 7.37. The van der Waals surface area contributed by atoms with Crippen LogP contribution in [0, 0.1) is 11.8 Å². The highest BCUT2D eigenvalue weighted by Gasteiger charge is 2.27. The topological polar surface area (TPSA) is 41.6 Å². The fourth-order valence-electron chi connectivity index (χ4n) is 2.71. The van der Waals surface area contributed by atoms with Gasteiger partial charge in [-0.2, -0.15) is 0 Å². The zero-order chi connectivity index (χ0) is 14.6. The number of nitrogens with zero attached hydrogens (tertiary/aromatic N) is 1. The van der Waals surface area contributed by atoms with Crippen LogP contribution in [0.3, 0.4) is 0 Å². The predicted molar refractivity (Wildman–Crippen MR) is 78.2 cm³/mol. The Balaban J connectivity index is 2.46. The van der Waals surface area contributed by atoms with E-state index in [2.05, 4.69) is 31.0 Å². The summed E-state index contributed by atoms with van der Waals surface area (Å²) in [5.41, 5.74) is -0.429. The molecule has 0 aromatic rings. The van der Waals surface area contributed by atoms with Gasteiger partial charge in [-0.05, 0) is 39.0 Å². The number of carbonyl (C=O) groups excluding carboxylic acids is 1. The second-order valence-electron chi connectivity index (χ2n) is 7.30. The van der Waals surface area contributed by atoms with Crippen molar-refractivity contribution in [2.75, 3.05) is 19.6 Å². The normalized spacial score (nSPS) is 25.4. The minimum Gasteiger partial charge on any atom is -0.444 e. The van der Waals surface area contributed by atoms with Gasteiger partial charge < -0.3 is 15.0 Å². The van der Waals surface area contributed by atoms with Crippen LogP contribution in [0.2, 0.25) is 0 Å². The van der Waals surface area contributed by atoms with Crippen molar-refractivity contribution < 1.29 is 9.53 Å². The summed E-state index contributed by atoms with van der Waals surface area (Å²) in [4.78, 5) is 14.3. The average molecular weight is 270 g/mol. The van der Waals surface area contributed by atoms with E-state index in [9.17, 15) is 4.79 Å². The molecule has 19 heavy (non-hydrogen) atoms. The largest absolute Gasteiger partial charge is 0.444 e. The second kappa shape index (κ2) is 6.60. The van der Waals surface area contributed by atoms with Gasteiger partial charge in [0.05, 0.1) is 0 Å². The number of alkyl carbamates (subject to hydrolysis) is 1. The molecule has 1 amide bonds. The molecule has 0 spiro atoms. The maximum atomic E-state index is 11.8. The molecule has 1 heterocycles. The number of hydrogen-bond acceptors (Lipinski definition) is 3. The second-order valence-corrected chi connectivity index (χ2v) is 7.30. The van der Waals surface area contributed by atoms with Crippen molar-refractivity contribution in [2.24, 2.45) is 11.8 Å². The summed E-state index contributed by atoms with van der Waals surface area (Å²) in [6, 6.07) is 0.206. The first kappa shape index (κ1) is 16.3. The number of nitrogens with one attached hydrogen (secondary N) is 1. The molecule has 1 rings (SSSR count). The van der Waals surface area contributed by atoms with E-state index >= 15 is 0 Å². The van der Waals surface area contributed by atoms with Crippen LogP contribution in [0.4, 0.5) is 4.79 Å². The van der Waals surface area contributed by atoms with Crippen molar-refractivity contribution in [2.45, 2.75) is 59.6 Å². The van der Waals surface area contributed by atoms with E-state index in [4.69, 9.17) is 4.74 Å². The molecule has 0 bridgehead atoms. The van der Waals surface area contributed by atoms with E-state index in [-0.39, 0.29) is 12.1 Å². The van der Waals surface area contributed by atoms with Gasteiger partial charge in [0.25, 0.3) is 0 Å². The Morgan fingerprint density at radius 1 is 1.37 bits per heavy atom. The molecule has 1 saturated heterocycles. The Bertz CT molecular complexity index is 295. The molecule has 1 fully saturated rings. The first-order valence-electron chi connectivity index (χ1n) is 7.37. The molecule has 1 N–H and O–H groups in total. The lowest BCUT2D eigenvalue weighted by molar-refractivity contribution is 0.0448. The van der Waals surface area contributed by atoms with Gasteiger partial charge >= 0.3 is 6.09 Å². The van der Waals surface area contributed by atoms with Crippen LogP contribution in [0.15, 0.2) is 0 Å². The van der Waals surface area contributed by atoms with Crippen molar-refractivity contribution in [3.8, 4) is 0 Å². The predicted octanol–water partition coefficient (Wildman–Crippen LogP) is 2.88. The lowest BCUT2D eigenvalue weighted by Crippen LogP contribution is -2.51. The van der Waals surface area contributed by atoms with E-state index in [1.165, 1.54) is 0 Å². The summed E-state index contributed by atoms with van der Waals surface area (Å²) < 4.78 is 5.32. The molecular weight excluding hydrogens is 240 g/mol. The molecule has 0 aromatic carbocycles.